The van der Waals surface area contributed by atoms with Crippen molar-refractivity contribution in [2.45, 2.75) is 96.6 Å². The Kier molecular flexibility index (Phi) is 12.6. The Hall–Kier alpha value is -3.67. The van der Waals surface area contributed by atoms with Gasteiger partial charge in [-0.25, -0.2) is 0 Å². The molecule has 4 atom stereocenters. The lowest BCUT2D eigenvalue weighted by Gasteiger charge is -2.32. The summed E-state index contributed by atoms with van der Waals surface area (Å²) >= 11 is 0. The molecule has 2 rings (SSSR count). The topological polar surface area (TPSA) is 172 Å². The lowest BCUT2D eigenvalue weighted by molar-refractivity contribution is -0.156. The number of nitrogens with zero attached hydrogens (tertiary/aromatic N) is 1. The molecule has 1 unspecified atom stereocenters. The minimum atomic E-state index is -1.27. The number of amides is 3. The summed E-state index contributed by atoms with van der Waals surface area (Å²) in [6.45, 7) is 8.68. The van der Waals surface area contributed by atoms with E-state index in [1.54, 1.807) is 58.9 Å². The van der Waals surface area contributed by atoms with E-state index in [-0.39, 0.29) is 38.3 Å². The number of esters is 1. The Morgan fingerprint density at radius 1 is 1.05 bits per heavy atom. The number of para-hydroxylation sites is 1. The third-order valence-electron chi connectivity index (χ3n) is 6.42. The second-order valence-corrected chi connectivity index (χ2v) is 11.5. The van der Waals surface area contributed by atoms with Crippen LogP contribution in [0.1, 0.15) is 66.7 Å². The fraction of sp³-hybridized carbons (Fsp3) is 0.621. The SMILES string of the molecule is CC(C)[C@H](NC(=O)CCC(=O)O)C(=O)N1CCC[C@H]1C(=O)N[C@@H](CC(=O)OC(C)(C)C)C(O)COc1ccccc1. The van der Waals surface area contributed by atoms with Crippen LogP contribution >= 0.6 is 0 Å². The zero-order valence-corrected chi connectivity index (χ0v) is 24.4. The van der Waals surface area contributed by atoms with Crippen molar-refractivity contribution < 1.29 is 43.7 Å². The first-order valence-corrected chi connectivity index (χ1v) is 13.9. The van der Waals surface area contributed by atoms with Crippen LogP contribution in [-0.2, 0) is 28.7 Å². The van der Waals surface area contributed by atoms with E-state index in [4.69, 9.17) is 14.6 Å². The minimum Gasteiger partial charge on any atom is -0.491 e. The van der Waals surface area contributed by atoms with Crippen molar-refractivity contribution in [2.24, 2.45) is 5.92 Å². The first-order chi connectivity index (χ1) is 19.2. The molecule has 228 valence electrons. The van der Waals surface area contributed by atoms with Gasteiger partial charge in [-0.05, 0) is 51.7 Å². The summed E-state index contributed by atoms with van der Waals surface area (Å²) in [6.07, 6.45) is -1.34. The largest absolute Gasteiger partial charge is 0.491 e. The number of aliphatic carboxylic acids is 1. The number of nitrogens with one attached hydrogen (secondary N) is 2. The van der Waals surface area contributed by atoms with Gasteiger partial charge in [-0.3, -0.25) is 24.0 Å². The number of rotatable bonds is 14. The molecule has 12 nitrogen and oxygen atoms in total. The summed E-state index contributed by atoms with van der Waals surface area (Å²) < 4.78 is 11.0. The van der Waals surface area contributed by atoms with Gasteiger partial charge in [0.2, 0.25) is 17.7 Å². The fourth-order valence-electron chi connectivity index (χ4n) is 4.40. The van der Waals surface area contributed by atoms with Crippen molar-refractivity contribution >= 4 is 29.7 Å². The molecule has 12 heteroatoms. The van der Waals surface area contributed by atoms with Crippen molar-refractivity contribution in [3.63, 3.8) is 0 Å². The second kappa shape index (κ2) is 15.4. The molecule has 1 aliphatic rings. The Bertz CT molecular complexity index is 1060. The smallest absolute Gasteiger partial charge is 0.308 e. The third-order valence-corrected chi connectivity index (χ3v) is 6.42. The normalized spacial score (nSPS) is 17.3. The van der Waals surface area contributed by atoms with E-state index in [0.29, 0.717) is 18.6 Å². The van der Waals surface area contributed by atoms with Gasteiger partial charge in [0.15, 0.2) is 0 Å². The Labute approximate surface area is 240 Å². The molecule has 3 amide bonds. The number of hydrogen-bond donors (Lipinski definition) is 4. The molecule has 1 aliphatic heterocycles. The maximum Gasteiger partial charge on any atom is 0.308 e. The summed E-state index contributed by atoms with van der Waals surface area (Å²) in [6, 6.07) is 5.88. The van der Waals surface area contributed by atoms with Crippen LogP contribution in [0.4, 0.5) is 0 Å². The van der Waals surface area contributed by atoms with Crippen LogP contribution < -0.4 is 15.4 Å². The van der Waals surface area contributed by atoms with E-state index in [2.05, 4.69) is 10.6 Å². The van der Waals surface area contributed by atoms with Gasteiger partial charge in [-0.1, -0.05) is 32.0 Å². The van der Waals surface area contributed by atoms with Crippen LogP contribution in [0.25, 0.3) is 0 Å². The summed E-state index contributed by atoms with van der Waals surface area (Å²) in [4.78, 5) is 64.0. The van der Waals surface area contributed by atoms with Gasteiger partial charge in [-0.2, -0.15) is 0 Å². The molecule has 0 saturated carbocycles. The highest BCUT2D eigenvalue weighted by atomic mass is 16.6. The standard InChI is InChI=1S/C29H43N3O9/c1-18(2)26(31-23(34)13-14-24(35)36)28(39)32-15-9-12-21(32)27(38)30-20(16-25(37)41-29(3,4)5)22(33)17-40-19-10-7-6-8-11-19/h6-8,10-11,18,20-22,26,33H,9,12-17H2,1-5H3,(H,30,38)(H,31,34)(H,35,36)/t20-,21-,22?,26-/m0/s1. The molecule has 0 aromatic heterocycles. The van der Waals surface area contributed by atoms with Crippen molar-refractivity contribution in [1.82, 2.24) is 15.5 Å². The van der Waals surface area contributed by atoms with Crippen LogP contribution in [0.5, 0.6) is 5.75 Å². The number of carboxylic acid groups (broad SMARTS) is 1. The van der Waals surface area contributed by atoms with Gasteiger partial charge in [-0.15, -0.1) is 0 Å². The van der Waals surface area contributed by atoms with Gasteiger partial charge >= 0.3 is 11.9 Å². The highest BCUT2D eigenvalue weighted by Gasteiger charge is 2.40. The number of ether oxygens (including phenoxy) is 2. The van der Waals surface area contributed by atoms with Crippen molar-refractivity contribution in [1.29, 1.82) is 0 Å². The molecule has 1 saturated heterocycles. The molecule has 1 aromatic rings. The van der Waals surface area contributed by atoms with E-state index >= 15 is 0 Å². The molecular formula is C29H43N3O9. The summed E-state index contributed by atoms with van der Waals surface area (Å²) in [5, 5.41) is 25.1. The zero-order valence-electron chi connectivity index (χ0n) is 24.4. The maximum atomic E-state index is 13.5. The van der Waals surface area contributed by atoms with E-state index in [1.807, 2.05) is 6.07 Å². The third kappa shape index (κ3) is 11.4. The number of carbonyl (C=O) groups is 5. The Balaban J connectivity index is 2.15. The maximum absolute atomic E-state index is 13.5. The molecule has 1 aromatic carbocycles. The lowest BCUT2D eigenvalue weighted by atomic mass is 10.0. The van der Waals surface area contributed by atoms with Crippen LogP contribution in [0.2, 0.25) is 0 Å². The molecule has 0 aliphatic carbocycles. The number of hydrogen-bond acceptors (Lipinski definition) is 8. The molecular weight excluding hydrogens is 534 g/mol. The van der Waals surface area contributed by atoms with Gasteiger partial charge in [0.05, 0.1) is 18.9 Å². The molecule has 0 spiro atoms. The van der Waals surface area contributed by atoms with Crippen molar-refractivity contribution in [3.05, 3.63) is 30.3 Å². The number of aliphatic hydroxyl groups excluding tert-OH is 1. The number of benzene rings is 1. The Morgan fingerprint density at radius 3 is 2.29 bits per heavy atom. The van der Waals surface area contributed by atoms with Crippen LogP contribution in [0, 0.1) is 5.92 Å². The summed E-state index contributed by atoms with van der Waals surface area (Å²) in [5.74, 6) is -3.14. The average molecular weight is 578 g/mol. The number of likely N-dealkylation sites (tertiary alicyclic amines) is 1. The second-order valence-electron chi connectivity index (χ2n) is 11.5. The minimum absolute atomic E-state index is 0.205. The highest BCUT2D eigenvalue weighted by molar-refractivity contribution is 5.93. The molecule has 1 fully saturated rings. The Morgan fingerprint density at radius 2 is 1.71 bits per heavy atom. The highest BCUT2D eigenvalue weighted by Crippen LogP contribution is 2.22. The van der Waals surface area contributed by atoms with Crippen LogP contribution in [0.15, 0.2) is 30.3 Å². The predicted octanol–water partition coefficient (Wildman–Crippen LogP) is 1.64. The first kappa shape index (κ1) is 33.5. The molecule has 1 heterocycles. The fourth-order valence-corrected chi connectivity index (χ4v) is 4.40. The van der Waals surface area contributed by atoms with Crippen molar-refractivity contribution in [2.75, 3.05) is 13.2 Å². The van der Waals surface area contributed by atoms with E-state index in [0.717, 1.165) is 0 Å². The summed E-state index contributed by atoms with van der Waals surface area (Å²) in [5.41, 5.74) is -0.771. The van der Waals surface area contributed by atoms with Gasteiger partial charge < -0.3 is 35.2 Å². The van der Waals surface area contributed by atoms with Crippen LogP contribution in [-0.4, -0.2) is 87.8 Å². The number of aliphatic hydroxyl groups is 1. The van der Waals surface area contributed by atoms with Crippen LogP contribution in [0.3, 0.4) is 0 Å². The zero-order chi connectivity index (χ0) is 30.7. The molecule has 4 N–H and O–H groups in total. The number of carbonyl (C=O) groups excluding carboxylic acids is 4. The lowest BCUT2D eigenvalue weighted by Crippen LogP contribution is -2.57. The molecule has 41 heavy (non-hydrogen) atoms. The molecule has 0 radical (unpaired) electrons. The van der Waals surface area contributed by atoms with Crippen molar-refractivity contribution in [3.8, 4) is 5.75 Å². The van der Waals surface area contributed by atoms with E-state index in [1.165, 1.54) is 4.90 Å². The van der Waals surface area contributed by atoms with E-state index < -0.39 is 59.5 Å². The quantitative estimate of drug-likeness (QED) is 0.240. The predicted molar refractivity (Wildman–Crippen MR) is 149 cm³/mol. The monoisotopic (exact) mass is 577 g/mol. The number of carboxylic acids is 1. The summed E-state index contributed by atoms with van der Waals surface area (Å²) in [7, 11) is 0. The van der Waals surface area contributed by atoms with Gasteiger partial charge in [0.1, 0.15) is 36.1 Å². The average Bonchev–Trinajstić information content (AvgIpc) is 3.38. The first-order valence-electron chi connectivity index (χ1n) is 13.9. The van der Waals surface area contributed by atoms with Gasteiger partial charge in [0.25, 0.3) is 0 Å². The molecule has 0 bridgehead atoms. The van der Waals surface area contributed by atoms with E-state index in [9.17, 15) is 29.1 Å². The van der Waals surface area contributed by atoms with Gasteiger partial charge in [0, 0.05) is 13.0 Å².